The fraction of sp³-hybridized carbons (Fsp3) is 0.393. The van der Waals surface area contributed by atoms with Crippen molar-refractivity contribution in [2.75, 3.05) is 63.5 Å². The van der Waals surface area contributed by atoms with E-state index in [-0.39, 0.29) is 11.8 Å². The van der Waals surface area contributed by atoms with Crippen molar-refractivity contribution in [2.24, 2.45) is 0 Å². The van der Waals surface area contributed by atoms with Gasteiger partial charge < -0.3 is 20.4 Å². The van der Waals surface area contributed by atoms with Crippen molar-refractivity contribution in [3.05, 3.63) is 59.2 Å². The molecule has 5 rings (SSSR count). The highest BCUT2D eigenvalue weighted by atomic mass is 35.5. The number of piperazine rings is 1. The van der Waals surface area contributed by atoms with Gasteiger partial charge in [0.1, 0.15) is 0 Å². The number of carbonyl (C=O) groups excluding carboxylic acids is 2. The Morgan fingerprint density at radius 2 is 1.68 bits per heavy atom. The van der Waals surface area contributed by atoms with Gasteiger partial charge in [-0.3, -0.25) is 19.5 Å². The number of fused-ring (bicyclic) bond motifs is 1. The van der Waals surface area contributed by atoms with Crippen LogP contribution in [0.4, 0.5) is 17.1 Å². The molecule has 0 atom stereocenters. The SMILES string of the molecule is CN1CCN(C(=O)c2cc(NC(=O)CN3CCCCC3)cc(Nc3ccnc4cc(Cl)ccc34)c2)CC1. The lowest BCUT2D eigenvalue weighted by Gasteiger charge is -2.32. The summed E-state index contributed by atoms with van der Waals surface area (Å²) < 4.78 is 0. The lowest BCUT2D eigenvalue weighted by Crippen LogP contribution is -2.47. The summed E-state index contributed by atoms with van der Waals surface area (Å²) in [5.41, 5.74) is 3.49. The van der Waals surface area contributed by atoms with Crippen LogP contribution in [0.25, 0.3) is 10.9 Å². The molecule has 2 aliphatic heterocycles. The molecule has 1 aromatic heterocycles. The molecule has 2 N–H and O–H groups in total. The van der Waals surface area contributed by atoms with Crippen LogP contribution in [0.5, 0.6) is 0 Å². The van der Waals surface area contributed by atoms with Gasteiger partial charge in [-0.2, -0.15) is 0 Å². The molecule has 37 heavy (non-hydrogen) atoms. The van der Waals surface area contributed by atoms with Crippen LogP contribution in [0, 0.1) is 0 Å². The third kappa shape index (κ3) is 6.39. The summed E-state index contributed by atoms with van der Waals surface area (Å²) in [5, 5.41) is 8.01. The highest BCUT2D eigenvalue weighted by Gasteiger charge is 2.22. The Bertz CT molecular complexity index is 1280. The van der Waals surface area contributed by atoms with Crippen LogP contribution in [0.1, 0.15) is 29.6 Å². The van der Waals surface area contributed by atoms with E-state index in [0.717, 1.165) is 61.3 Å². The number of hydrogen-bond acceptors (Lipinski definition) is 6. The minimum Gasteiger partial charge on any atom is -0.355 e. The van der Waals surface area contributed by atoms with Gasteiger partial charge in [0.15, 0.2) is 0 Å². The standard InChI is InChI=1S/C28H33ClN6O2/c1-33-11-13-35(14-12-33)28(37)20-15-22(31-25-7-8-30-26-17-21(29)5-6-24(25)26)18-23(16-20)32-27(36)19-34-9-3-2-4-10-34/h5-8,15-18H,2-4,9-14,19H2,1H3,(H,30,31)(H,32,36). The van der Waals surface area contributed by atoms with Crippen molar-refractivity contribution in [3.63, 3.8) is 0 Å². The zero-order chi connectivity index (χ0) is 25.8. The predicted molar refractivity (Wildman–Crippen MR) is 149 cm³/mol. The zero-order valence-electron chi connectivity index (χ0n) is 21.2. The minimum atomic E-state index is -0.0685. The van der Waals surface area contributed by atoms with E-state index in [1.807, 2.05) is 41.3 Å². The number of benzene rings is 2. The molecule has 2 fully saturated rings. The monoisotopic (exact) mass is 520 g/mol. The first-order valence-electron chi connectivity index (χ1n) is 12.9. The van der Waals surface area contributed by atoms with E-state index in [2.05, 4.69) is 32.5 Å². The minimum absolute atomic E-state index is 0.0327. The first kappa shape index (κ1) is 25.4. The number of likely N-dealkylation sites (tertiary alicyclic amines) is 1. The van der Waals surface area contributed by atoms with Gasteiger partial charge in [-0.1, -0.05) is 18.0 Å². The van der Waals surface area contributed by atoms with Crippen molar-refractivity contribution in [1.82, 2.24) is 19.7 Å². The van der Waals surface area contributed by atoms with Crippen LogP contribution in [0.3, 0.4) is 0 Å². The van der Waals surface area contributed by atoms with Crippen LogP contribution in [0.2, 0.25) is 5.02 Å². The molecule has 0 spiro atoms. The van der Waals surface area contributed by atoms with Gasteiger partial charge in [0.25, 0.3) is 5.91 Å². The van der Waals surface area contributed by atoms with E-state index in [4.69, 9.17) is 11.6 Å². The fourth-order valence-corrected chi connectivity index (χ4v) is 5.16. The van der Waals surface area contributed by atoms with Crippen LogP contribution in [0.15, 0.2) is 48.7 Å². The zero-order valence-corrected chi connectivity index (χ0v) is 21.9. The summed E-state index contributed by atoms with van der Waals surface area (Å²) in [6, 6.07) is 13.0. The number of piperidine rings is 1. The van der Waals surface area contributed by atoms with Gasteiger partial charge in [0.2, 0.25) is 5.91 Å². The van der Waals surface area contributed by atoms with E-state index in [1.165, 1.54) is 6.42 Å². The third-order valence-corrected chi connectivity index (χ3v) is 7.29. The maximum Gasteiger partial charge on any atom is 0.254 e. The molecule has 8 nitrogen and oxygen atoms in total. The lowest BCUT2D eigenvalue weighted by atomic mass is 10.1. The van der Waals surface area contributed by atoms with Crippen molar-refractivity contribution >= 4 is 51.4 Å². The molecule has 0 saturated carbocycles. The van der Waals surface area contributed by atoms with Gasteiger partial charge in [-0.15, -0.1) is 0 Å². The molecular formula is C28H33ClN6O2. The van der Waals surface area contributed by atoms with E-state index in [9.17, 15) is 9.59 Å². The maximum absolute atomic E-state index is 13.4. The first-order chi connectivity index (χ1) is 17.9. The number of hydrogen-bond donors (Lipinski definition) is 2. The predicted octanol–water partition coefficient (Wildman–Crippen LogP) is 4.44. The number of nitrogens with one attached hydrogen (secondary N) is 2. The second kappa shape index (κ2) is 11.5. The Morgan fingerprint density at radius 1 is 0.919 bits per heavy atom. The number of aromatic nitrogens is 1. The number of amides is 2. The molecule has 3 aromatic rings. The number of halogens is 1. The van der Waals surface area contributed by atoms with Crippen LogP contribution in [-0.4, -0.2) is 84.4 Å². The van der Waals surface area contributed by atoms with E-state index >= 15 is 0 Å². The van der Waals surface area contributed by atoms with Crippen molar-refractivity contribution in [2.45, 2.75) is 19.3 Å². The second-order valence-electron chi connectivity index (χ2n) is 9.92. The van der Waals surface area contributed by atoms with E-state index < -0.39 is 0 Å². The second-order valence-corrected chi connectivity index (χ2v) is 10.4. The summed E-state index contributed by atoms with van der Waals surface area (Å²) in [4.78, 5) is 37.0. The summed E-state index contributed by atoms with van der Waals surface area (Å²) in [7, 11) is 2.06. The highest BCUT2D eigenvalue weighted by Crippen LogP contribution is 2.29. The normalized spacial score (nSPS) is 17.1. The number of anilines is 3. The molecule has 0 bridgehead atoms. The third-order valence-electron chi connectivity index (χ3n) is 7.05. The number of likely N-dealkylation sites (N-methyl/N-ethyl adjacent to an activating group) is 1. The van der Waals surface area contributed by atoms with Crippen LogP contribution < -0.4 is 10.6 Å². The molecule has 2 aromatic carbocycles. The van der Waals surface area contributed by atoms with Gasteiger partial charge in [0, 0.05) is 65.4 Å². The molecule has 2 amide bonds. The molecule has 2 saturated heterocycles. The lowest BCUT2D eigenvalue weighted by molar-refractivity contribution is -0.117. The van der Waals surface area contributed by atoms with Gasteiger partial charge in [-0.25, -0.2) is 0 Å². The Hall–Kier alpha value is -3.20. The summed E-state index contributed by atoms with van der Waals surface area (Å²) >= 11 is 6.16. The molecule has 0 radical (unpaired) electrons. The smallest absolute Gasteiger partial charge is 0.254 e. The fourth-order valence-electron chi connectivity index (χ4n) is 4.99. The molecule has 0 unspecified atom stereocenters. The average molecular weight is 521 g/mol. The van der Waals surface area contributed by atoms with Crippen LogP contribution in [-0.2, 0) is 4.79 Å². The Balaban J connectivity index is 1.42. The maximum atomic E-state index is 13.4. The summed E-state index contributed by atoms with van der Waals surface area (Å²) in [6.45, 7) is 5.29. The number of nitrogens with zero attached hydrogens (tertiary/aromatic N) is 4. The number of rotatable bonds is 6. The quantitative estimate of drug-likeness (QED) is 0.500. The molecule has 9 heteroatoms. The topological polar surface area (TPSA) is 80.8 Å². The van der Waals surface area contributed by atoms with Crippen molar-refractivity contribution < 1.29 is 9.59 Å². The molecule has 0 aliphatic carbocycles. The van der Waals surface area contributed by atoms with Crippen molar-refractivity contribution in [1.29, 1.82) is 0 Å². The Morgan fingerprint density at radius 3 is 2.46 bits per heavy atom. The van der Waals surface area contributed by atoms with Crippen LogP contribution >= 0.6 is 11.6 Å². The molecule has 2 aliphatic rings. The molecule has 194 valence electrons. The first-order valence-corrected chi connectivity index (χ1v) is 13.3. The van der Waals surface area contributed by atoms with E-state index in [1.54, 1.807) is 12.3 Å². The number of pyridine rings is 1. The van der Waals surface area contributed by atoms with E-state index in [0.29, 0.717) is 35.9 Å². The summed E-state index contributed by atoms with van der Waals surface area (Å²) in [6.07, 6.45) is 5.20. The molecular weight excluding hydrogens is 488 g/mol. The van der Waals surface area contributed by atoms with Gasteiger partial charge >= 0.3 is 0 Å². The van der Waals surface area contributed by atoms with Crippen molar-refractivity contribution in [3.8, 4) is 0 Å². The average Bonchev–Trinajstić information content (AvgIpc) is 2.89. The van der Waals surface area contributed by atoms with Gasteiger partial charge in [0.05, 0.1) is 12.1 Å². The van der Waals surface area contributed by atoms with Gasteiger partial charge in [-0.05, 0) is 75.4 Å². The Kier molecular flexibility index (Phi) is 7.88. The Labute approximate surface area is 222 Å². The highest BCUT2D eigenvalue weighted by molar-refractivity contribution is 6.31. The molecule has 3 heterocycles. The summed E-state index contributed by atoms with van der Waals surface area (Å²) in [5.74, 6) is -0.101. The number of carbonyl (C=O) groups is 2. The largest absolute Gasteiger partial charge is 0.355 e.